The van der Waals surface area contributed by atoms with Crippen molar-refractivity contribution in [3.63, 3.8) is 0 Å². The van der Waals surface area contributed by atoms with E-state index in [0.717, 1.165) is 0 Å². The highest BCUT2D eigenvalue weighted by Crippen LogP contribution is 2.37. The Morgan fingerprint density at radius 3 is 1.85 bits per heavy atom. The Morgan fingerprint density at radius 1 is 0.716 bits per heavy atom. The Kier molecular flexibility index (Phi) is 17.0. The lowest BCUT2D eigenvalue weighted by Gasteiger charge is -2.25. The lowest BCUT2D eigenvalue weighted by molar-refractivity contribution is -0.115. The fourth-order valence-corrected chi connectivity index (χ4v) is 7.84. The van der Waals surface area contributed by atoms with E-state index in [1.165, 1.54) is 20.3 Å². The van der Waals surface area contributed by atoms with Gasteiger partial charge in [-0.15, -0.1) is 0 Å². The van der Waals surface area contributed by atoms with Crippen LogP contribution in [0.2, 0.25) is 10.3 Å². The van der Waals surface area contributed by atoms with Crippen LogP contribution < -0.4 is 35.5 Å². The van der Waals surface area contributed by atoms with Gasteiger partial charge in [-0.25, -0.2) is 9.97 Å². The average molecular weight is 978 g/mol. The maximum absolute atomic E-state index is 13.1. The number of aromatic nitrogens is 6. The number of halogens is 5. The number of nitrogens with one attached hydrogen (secondary N) is 4. The van der Waals surface area contributed by atoms with Crippen molar-refractivity contribution in [1.29, 1.82) is 0 Å². The van der Waals surface area contributed by atoms with Crippen molar-refractivity contribution in [2.24, 2.45) is 11.8 Å². The molecule has 9 N–H and O–H groups in total. The first-order chi connectivity index (χ1) is 32.0. The Bertz CT molecular complexity index is 2530. The molecule has 8 unspecified atom stereocenters. The molecule has 4 heterocycles. The summed E-state index contributed by atoms with van der Waals surface area (Å²) in [6.45, 7) is 1.81. The van der Waals surface area contributed by atoms with Crippen LogP contribution in [0.5, 0.6) is 17.5 Å². The molecule has 2 aliphatic rings. The van der Waals surface area contributed by atoms with Crippen LogP contribution in [-0.2, 0) is 4.74 Å². The third kappa shape index (κ3) is 12.5. The molecule has 19 nitrogen and oxygen atoms in total. The summed E-state index contributed by atoms with van der Waals surface area (Å²) >= 11 is 13.2. The number of pyridine rings is 2. The zero-order valence-electron chi connectivity index (χ0n) is 36.7. The number of aryl methyl sites for hydroxylation is 2. The monoisotopic (exact) mass is 976 g/mol. The van der Waals surface area contributed by atoms with E-state index < -0.39 is 80.2 Å². The Balaban J connectivity index is 1.30. The van der Waals surface area contributed by atoms with Gasteiger partial charge in [-0.3, -0.25) is 0 Å². The van der Waals surface area contributed by atoms with Gasteiger partial charge < -0.3 is 65.7 Å². The number of methoxy groups -OCH3 is 3. The summed E-state index contributed by atoms with van der Waals surface area (Å²) in [5.74, 6) is 10.7. The number of ether oxygens (including phenoxy) is 4. The molecule has 0 radical (unpaired) electrons. The molecule has 8 atom stereocenters. The molecule has 0 spiro atoms. The van der Waals surface area contributed by atoms with E-state index in [9.17, 15) is 38.7 Å². The van der Waals surface area contributed by atoms with Crippen molar-refractivity contribution in [3.05, 3.63) is 62.1 Å². The van der Waals surface area contributed by atoms with Crippen molar-refractivity contribution in [1.82, 2.24) is 29.9 Å². The van der Waals surface area contributed by atoms with Crippen molar-refractivity contribution < 1.29 is 57.7 Å². The first-order valence-electron chi connectivity index (χ1n) is 20.7. The normalized spacial score (nSPS) is 22.3. The van der Waals surface area contributed by atoms with Gasteiger partial charge >= 0.3 is 6.18 Å². The van der Waals surface area contributed by atoms with Crippen molar-refractivity contribution in [3.8, 4) is 41.2 Å². The predicted molar refractivity (Wildman–Crippen MR) is 240 cm³/mol. The number of rotatable bonds is 16. The van der Waals surface area contributed by atoms with Gasteiger partial charge in [-0.2, -0.15) is 33.1 Å². The minimum absolute atomic E-state index is 0.0159. The Labute approximate surface area is 393 Å². The second-order valence-corrected chi connectivity index (χ2v) is 16.3. The highest BCUT2D eigenvalue weighted by Gasteiger charge is 2.45. The number of nitrogens with zero attached hydrogens (tertiary/aromatic N) is 6. The number of aliphatic hydroxyl groups is 5. The summed E-state index contributed by atoms with van der Waals surface area (Å²) < 4.78 is 61.6. The smallest absolute Gasteiger partial charge is 0.405 e. The van der Waals surface area contributed by atoms with Crippen LogP contribution in [0.15, 0.2) is 18.2 Å². The molecule has 67 heavy (non-hydrogen) atoms. The van der Waals surface area contributed by atoms with Crippen LogP contribution >= 0.6 is 23.2 Å². The van der Waals surface area contributed by atoms with Crippen molar-refractivity contribution in [2.75, 3.05) is 75.5 Å². The molecule has 2 saturated carbocycles. The predicted octanol–water partition coefficient (Wildman–Crippen LogP) is 2.95. The first kappa shape index (κ1) is 50.7. The van der Waals surface area contributed by atoms with Gasteiger partial charge in [0.05, 0.1) is 56.0 Å². The van der Waals surface area contributed by atoms with E-state index in [1.807, 2.05) is 0 Å². The van der Waals surface area contributed by atoms with Gasteiger partial charge in [0.1, 0.15) is 47.6 Å². The van der Waals surface area contributed by atoms with Gasteiger partial charge in [0.2, 0.25) is 17.8 Å². The number of aliphatic hydroxyl groups excluding tert-OH is 5. The number of anilines is 4. The molecule has 0 amide bonds. The van der Waals surface area contributed by atoms with Crippen LogP contribution in [0.25, 0.3) is 0 Å². The lowest BCUT2D eigenvalue weighted by atomic mass is 10.1. The van der Waals surface area contributed by atoms with E-state index in [2.05, 4.69) is 74.9 Å². The van der Waals surface area contributed by atoms with Gasteiger partial charge in [-0.1, -0.05) is 46.9 Å². The van der Waals surface area contributed by atoms with E-state index in [1.54, 1.807) is 33.1 Å². The maximum Gasteiger partial charge on any atom is 0.405 e. The summed E-state index contributed by atoms with van der Waals surface area (Å²) in [6.07, 6.45) is -9.35. The maximum atomic E-state index is 13.1. The second-order valence-electron chi connectivity index (χ2n) is 15.5. The summed E-state index contributed by atoms with van der Waals surface area (Å²) in [7, 11) is 4.42. The molecule has 2 aliphatic carbocycles. The second kappa shape index (κ2) is 22.4. The molecular formula is C43H49Cl2F3N10O9. The van der Waals surface area contributed by atoms with E-state index in [-0.39, 0.29) is 69.1 Å². The van der Waals surface area contributed by atoms with E-state index in [0.29, 0.717) is 36.0 Å². The standard InChI is InChI=1S/C43H49Cl2F3N10O9/c1-20-22(8-11-31(51-20)65-4)6-9-26-36(44)55-41(49-12-13-64-3)57-39(26)54-29-15-25(18-60)35(34(29)63)67-30-16-23(21(2)52-40(30)66-5)7-10-27-37(45)56-42(50-19-43(46,47)48)58-38(27)53-28-14-24(17-59)32(61)33(28)62/h8,11,16,24-25,28-29,32-35,59-63H,12-15,17-19H2,1-5H3,(H2,49,54,55,57)(H2,50,53,56,58). The van der Waals surface area contributed by atoms with Crippen LogP contribution in [-0.4, -0.2) is 152 Å². The van der Waals surface area contributed by atoms with Crippen LogP contribution in [0.1, 0.15) is 46.5 Å². The topological polar surface area (TPSA) is 264 Å². The molecule has 0 bridgehead atoms. The number of alkyl halides is 3. The summed E-state index contributed by atoms with van der Waals surface area (Å²) in [4.78, 5) is 25.9. The molecule has 2 fully saturated rings. The van der Waals surface area contributed by atoms with Gasteiger partial charge in [0.15, 0.2) is 16.1 Å². The van der Waals surface area contributed by atoms with Crippen molar-refractivity contribution >= 4 is 46.7 Å². The van der Waals surface area contributed by atoms with Crippen LogP contribution in [0.3, 0.4) is 0 Å². The SMILES string of the molecule is COCCNc1nc(Cl)c(C#Cc2ccc(OC)nc2C)c(NC2CC(CO)C(Oc3cc(C#Cc4c(Cl)nc(NCC(F)(F)F)nc4NC4CC(CO)C(O)C4O)c(C)nc3OC)C2O)n1. The minimum atomic E-state index is -4.62. The van der Waals surface area contributed by atoms with E-state index in [4.69, 9.17) is 42.1 Å². The van der Waals surface area contributed by atoms with Crippen LogP contribution in [0.4, 0.5) is 36.7 Å². The Morgan fingerprint density at radius 2 is 1.30 bits per heavy atom. The molecule has 4 aromatic rings. The van der Waals surface area contributed by atoms with Gasteiger partial charge in [0.25, 0.3) is 5.88 Å². The Hall–Kier alpha value is -5.69. The average Bonchev–Trinajstić information content (AvgIpc) is 3.74. The zero-order valence-corrected chi connectivity index (χ0v) is 38.3. The molecular weight excluding hydrogens is 928 g/mol. The number of hydrogen-bond acceptors (Lipinski definition) is 19. The minimum Gasteiger partial charge on any atom is -0.482 e. The van der Waals surface area contributed by atoms with Gasteiger partial charge in [-0.05, 0) is 32.8 Å². The molecule has 0 aromatic carbocycles. The molecule has 0 saturated heterocycles. The molecule has 24 heteroatoms. The van der Waals surface area contributed by atoms with Gasteiger partial charge in [0, 0.05) is 56.4 Å². The highest BCUT2D eigenvalue weighted by atomic mass is 35.5. The molecule has 6 rings (SSSR count). The summed E-state index contributed by atoms with van der Waals surface area (Å²) in [5.41, 5.74) is 1.95. The first-order valence-corrected chi connectivity index (χ1v) is 21.5. The fraction of sp³-hybridized carbons (Fsp3) is 0.488. The number of hydrogen-bond donors (Lipinski definition) is 9. The van der Waals surface area contributed by atoms with Crippen LogP contribution in [0, 0.1) is 49.4 Å². The van der Waals surface area contributed by atoms with E-state index >= 15 is 0 Å². The third-order valence-electron chi connectivity index (χ3n) is 11.0. The third-order valence-corrected chi connectivity index (χ3v) is 11.5. The largest absolute Gasteiger partial charge is 0.482 e. The lowest BCUT2D eigenvalue weighted by Crippen LogP contribution is -2.39. The molecule has 4 aromatic heterocycles. The molecule has 0 aliphatic heterocycles. The fourth-order valence-electron chi connectivity index (χ4n) is 7.41. The van der Waals surface area contributed by atoms with Crippen molar-refractivity contribution in [2.45, 2.75) is 69.4 Å². The summed E-state index contributed by atoms with van der Waals surface area (Å²) in [6, 6.07) is 3.23. The molecule has 360 valence electrons. The quantitative estimate of drug-likeness (QED) is 0.0444. The highest BCUT2D eigenvalue weighted by molar-refractivity contribution is 6.31. The zero-order chi connectivity index (χ0) is 48.6. The summed E-state index contributed by atoms with van der Waals surface area (Å²) in [5, 5.41) is 64.2.